The third-order valence-corrected chi connectivity index (χ3v) is 6.46. The molecule has 1 amide bonds. The number of benzene rings is 1. The second kappa shape index (κ2) is 7.70. The molecule has 1 aromatic carbocycles. The van der Waals surface area contributed by atoms with Crippen LogP contribution in [0.4, 0.5) is 5.82 Å². The Bertz CT molecular complexity index is 1230. The number of aromatic nitrogens is 3. The average Bonchev–Trinajstić information content (AvgIpc) is 3.40. The van der Waals surface area contributed by atoms with E-state index in [2.05, 4.69) is 20.0 Å². The number of carbonyl (C=O) groups is 1. The molecule has 0 radical (unpaired) electrons. The third kappa shape index (κ3) is 3.22. The highest BCUT2D eigenvalue weighted by Gasteiger charge is 2.30. The van der Waals surface area contributed by atoms with Crippen LogP contribution >= 0.6 is 22.9 Å². The van der Waals surface area contributed by atoms with Crippen molar-refractivity contribution >= 4 is 44.9 Å². The van der Waals surface area contributed by atoms with Crippen molar-refractivity contribution in [2.24, 2.45) is 0 Å². The maximum atomic E-state index is 13.3. The molecule has 7 nitrogen and oxygen atoms in total. The SMILES string of the molecule is Cc1onc(-c2ccccc2Cl)c1C(=O)N1CCN(c2ncnc3sccc23)CC1. The minimum absolute atomic E-state index is 0.0910. The van der Waals surface area contributed by atoms with E-state index in [1.54, 1.807) is 30.7 Å². The van der Waals surface area contributed by atoms with Crippen LogP contribution in [0, 0.1) is 6.92 Å². The Morgan fingerprint density at radius 3 is 2.73 bits per heavy atom. The summed E-state index contributed by atoms with van der Waals surface area (Å²) >= 11 is 7.93. The molecule has 0 spiro atoms. The molecule has 9 heteroatoms. The van der Waals surface area contributed by atoms with E-state index >= 15 is 0 Å². The van der Waals surface area contributed by atoms with Crippen molar-refractivity contribution in [3.63, 3.8) is 0 Å². The minimum atomic E-state index is -0.0910. The number of fused-ring (bicyclic) bond motifs is 1. The summed E-state index contributed by atoms with van der Waals surface area (Å²) in [5.74, 6) is 1.33. The number of piperazine rings is 1. The summed E-state index contributed by atoms with van der Waals surface area (Å²) in [6.07, 6.45) is 1.60. The predicted molar refractivity (Wildman–Crippen MR) is 117 cm³/mol. The number of thiophene rings is 1. The van der Waals surface area contributed by atoms with Gasteiger partial charge in [0.1, 0.15) is 34.0 Å². The molecule has 4 heterocycles. The molecule has 5 rings (SSSR count). The quantitative estimate of drug-likeness (QED) is 0.474. The van der Waals surface area contributed by atoms with Crippen molar-refractivity contribution in [2.75, 3.05) is 31.1 Å². The lowest BCUT2D eigenvalue weighted by Gasteiger charge is -2.35. The van der Waals surface area contributed by atoms with Crippen LogP contribution in [-0.4, -0.2) is 52.1 Å². The maximum absolute atomic E-state index is 13.3. The Hall–Kier alpha value is -2.97. The summed E-state index contributed by atoms with van der Waals surface area (Å²) in [7, 11) is 0. The number of rotatable bonds is 3. The molecule has 0 atom stereocenters. The van der Waals surface area contributed by atoms with Gasteiger partial charge in [0.2, 0.25) is 0 Å². The van der Waals surface area contributed by atoms with E-state index < -0.39 is 0 Å². The van der Waals surface area contributed by atoms with E-state index in [4.69, 9.17) is 16.1 Å². The molecule has 30 heavy (non-hydrogen) atoms. The molecule has 0 unspecified atom stereocenters. The average molecular weight is 440 g/mol. The van der Waals surface area contributed by atoms with E-state index in [-0.39, 0.29) is 5.91 Å². The molecular formula is C21H18ClN5O2S. The van der Waals surface area contributed by atoms with Crippen molar-refractivity contribution in [3.05, 3.63) is 58.4 Å². The number of nitrogens with zero attached hydrogens (tertiary/aromatic N) is 5. The van der Waals surface area contributed by atoms with E-state index in [0.29, 0.717) is 53.8 Å². The van der Waals surface area contributed by atoms with E-state index in [1.165, 1.54) is 0 Å². The van der Waals surface area contributed by atoms with Gasteiger partial charge in [0.25, 0.3) is 5.91 Å². The van der Waals surface area contributed by atoms with Gasteiger partial charge in [0.15, 0.2) is 0 Å². The smallest absolute Gasteiger partial charge is 0.259 e. The highest BCUT2D eigenvalue weighted by atomic mass is 35.5. The Morgan fingerprint density at radius 1 is 1.13 bits per heavy atom. The fourth-order valence-electron chi connectivity index (χ4n) is 3.77. The van der Waals surface area contributed by atoms with Gasteiger partial charge in [-0.1, -0.05) is 35.0 Å². The predicted octanol–water partition coefficient (Wildman–Crippen LogP) is 4.27. The molecule has 1 aliphatic heterocycles. The van der Waals surface area contributed by atoms with Gasteiger partial charge in [-0.3, -0.25) is 4.79 Å². The van der Waals surface area contributed by atoms with Crippen LogP contribution in [-0.2, 0) is 0 Å². The normalized spacial score (nSPS) is 14.5. The molecule has 152 valence electrons. The maximum Gasteiger partial charge on any atom is 0.259 e. The second-order valence-corrected chi connectivity index (χ2v) is 8.36. The fourth-order valence-corrected chi connectivity index (χ4v) is 4.72. The first-order valence-electron chi connectivity index (χ1n) is 9.57. The van der Waals surface area contributed by atoms with Crippen molar-refractivity contribution in [3.8, 4) is 11.3 Å². The van der Waals surface area contributed by atoms with Gasteiger partial charge < -0.3 is 14.3 Å². The van der Waals surface area contributed by atoms with E-state index in [0.717, 1.165) is 16.0 Å². The summed E-state index contributed by atoms with van der Waals surface area (Å²) in [5, 5.41) is 7.73. The van der Waals surface area contributed by atoms with Gasteiger partial charge in [0.05, 0.1) is 10.4 Å². The molecule has 0 N–H and O–H groups in total. The first-order chi connectivity index (χ1) is 14.6. The lowest BCUT2D eigenvalue weighted by Crippen LogP contribution is -2.49. The Labute approximate surface area is 181 Å². The summed E-state index contributed by atoms with van der Waals surface area (Å²) in [4.78, 5) is 27.2. The van der Waals surface area contributed by atoms with Gasteiger partial charge >= 0.3 is 0 Å². The van der Waals surface area contributed by atoms with Crippen LogP contribution in [0.1, 0.15) is 16.1 Å². The third-order valence-electron chi connectivity index (χ3n) is 5.31. The Balaban J connectivity index is 1.38. The Morgan fingerprint density at radius 2 is 1.93 bits per heavy atom. The lowest BCUT2D eigenvalue weighted by atomic mass is 10.0. The summed E-state index contributed by atoms with van der Waals surface area (Å²) in [6.45, 7) is 4.31. The van der Waals surface area contributed by atoms with Gasteiger partial charge in [-0.15, -0.1) is 11.3 Å². The van der Waals surface area contributed by atoms with Crippen LogP contribution in [0.3, 0.4) is 0 Å². The molecule has 4 aromatic rings. The van der Waals surface area contributed by atoms with Gasteiger partial charge in [-0.05, 0) is 24.4 Å². The monoisotopic (exact) mass is 439 g/mol. The molecular weight excluding hydrogens is 422 g/mol. The number of aryl methyl sites for hydroxylation is 1. The van der Waals surface area contributed by atoms with Crippen molar-refractivity contribution in [1.29, 1.82) is 0 Å². The van der Waals surface area contributed by atoms with E-state index in [9.17, 15) is 4.79 Å². The van der Waals surface area contributed by atoms with Gasteiger partial charge in [-0.25, -0.2) is 9.97 Å². The fraction of sp³-hybridized carbons (Fsp3) is 0.238. The van der Waals surface area contributed by atoms with Crippen molar-refractivity contribution in [2.45, 2.75) is 6.92 Å². The zero-order valence-corrected chi connectivity index (χ0v) is 17.8. The zero-order chi connectivity index (χ0) is 20.7. The lowest BCUT2D eigenvalue weighted by molar-refractivity contribution is 0.0745. The molecule has 1 saturated heterocycles. The zero-order valence-electron chi connectivity index (χ0n) is 16.2. The van der Waals surface area contributed by atoms with Crippen LogP contribution < -0.4 is 4.90 Å². The van der Waals surface area contributed by atoms with Crippen LogP contribution in [0.5, 0.6) is 0 Å². The Kier molecular flexibility index (Phi) is 4.88. The van der Waals surface area contributed by atoms with E-state index in [1.807, 2.05) is 34.5 Å². The summed E-state index contributed by atoms with van der Waals surface area (Å²) in [5.41, 5.74) is 1.65. The standard InChI is InChI=1S/C21H18ClN5O2S/c1-13-17(18(25-29-13)14-4-2-3-5-16(14)22)21(28)27-9-7-26(8-10-27)19-15-6-11-30-20(15)24-12-23-19/h2-6,11-12H,7-10H2,1H3. The number of hydrogen-bond acceptors (Lipinski definition) is 7. The number of anilines is 1. The molecule has 3 aromatic heterocycles. The molecule has 1 fully saturated rings. The first kappa shape index (κ1) is 19.0. The van der Waals surface area contributed by atoms with Crippen molar-refractivity contribution < 1.29 is 9.32 Å². The first-order valence-corrected chi connectivity index (χ1v) is 10.8. The molecule has 0 aliphatic carbocycles. The van der Waals surface area contributed by atoms with Crippen LogP contribution in [0.2, 0.25) is 5.02 Å². The number of carbonyl (C=O) groups excluding carboxylic acids is 1. The van der Waals surface area contributed by atoms with Crippen LogP contribution in [0.25, 0.3) is 21.5 Å². The number of hydrogen-bond donors (Lipinski definition) is 0. The molecule has 1 aliphatic rings. The van der Waals surface area contributed by atoms with Crippen LogP contribution in [0.15, 0.2) is 46.6 Å². The molecule has 0 bridgehead atoms. The largest absolute Gasteiger partial charge is 0.360 e. The summed E-state index contributed by atoms with van der Waals surface area (Å²) < 4.78 is 5.36. The number of halogens is 1. The van der Waals surface area contributed by atoms with Gasteiger partial charge in [0, 0.05) is 31.7 Å². The molecule has 0 saturated carbocycles. The minimum Gasteiger partial charge on any atom is -0.360 e. The number of amides is 1. The van der Waals surface area contributed by atoms with Gasteiger partial charge in [-0.2, -0.15) is 0 Å². The highest BCUT2D eigenvalue weighted by molar-refractivity contribution is 7.16. The highest BCUT2D eigenvalue weighted by Crippen LogP contribution is 2.32. The second-order valence-electron chi connectivity index (χ2n) is 7.06. The van der Waals surface area contributed by atoms with Crippen molar-refractivity contribution in [1.82, 2.24) is 20.0 Å². The topological polar surface area (TPSA) is 75.4 Å². The summed E-state index contributed by atoms with van der Waals surface area (Å²) in [6, 6.07) is 9.38.